The Labute approximate surface area is 119 Å². The Morgan fingerprint density at radius 2 is 1.84 bits per heavy atom. The summed E-state index contributed by atoms with van der Waals surface area (Å²) in [5.74, 6) is 0.872. The van der Waals surface area contributed by atoms with Crippen LogP contribution in [0.25, 0.3) is 20.2 Å². The van der Waals surface area contributed by atoms with Gasteiger partial charge in [0, 0.05) is 37.4 Å². The summed E-state index contributed by atoms with van der Waals surface area (Å²) < 4.78 is 2.09. The summed E-state index contributed by atoms with van der Waals surface area (Å²) >= 11 is 3.35. The Morgan fingerprint density at radius 3 is 2.68 bits per heavy atom. The van der Waals surface area contributed by atoms with Gasteiger partial charge in [0.2, 0.25) is 0 Å². The van der Waals surface area contributed by atoms with Crippen molar-refractivity contribution in [2.45, 2.75) is 4.90 Å². The van der Waals surface area contributed by atoms with Crippen LogP contribution in [0, 0.1) is 0 Å². The van der Waals surface area contributed by atoms with Crippen molar-refractivity contribution < 1.29 is 0 Å². The summed E-state index contributed by atoms with van der Waals surface area (Å²) in [5, 5.41) is 1.62. The highest BCUT2D eigenvalue weighted by atomic mass is 32.2. The summed E-state index contributed by atoms with van der Waals surface area (Å²) in [5.41, 5.74) is 5.64. The third-order valence-corrected chi connectivity index (χ3v) is 5.11. The lowest BCUT2D eigenvalue weighted by molar-refractivity contribution is 1.15. The predicted octanol–water partition coefficient (Wildman–Crippen LogP) is 3.47. The Bertz CT molecular complexity index is 795. The largest absolute Gasteiger partial charge is 0.330 e. The SMILES string of the molecule is NCCSc1ccc2sc3ccccc3c(=O)c2c1. The molecule has 2 aromatic carbocycles. The fraction of sp³-hybridized carbons (Fsp3) is 0.133. The van der Waals surface area contributed by atoms with E-state index in [4.69, 9.17) is 5.73 Å². The lowest BCUT2D eigenvalue weighted by atomic mass is 10.2. The molecule has 0 amide bonds. The first-order chi connectivity index (χ1) is 9.29. The molecule has 1 heterocycles. The number of thioether (sulfide) groups is 1. The Hall–Kier alpha value is -1.36. The average Bonchev–Trinajstić information content (AvgIpc) is 2.46. The van der Waals surface area contributed by atoms with Gasteiger partial charge in [0.05, 0.1) is 0 Å². The minimum atomic E-state index is 0.125. The minimum absolute atomic E-state index is 0.125. The average molecular weight is 287 g/mol. The highest BCUT2D eigenvalue weighted by Crippen LogP contribution is 2.28. The van der Waals surface area contributed by atoms with E-state index in [2.05, 4.69) is 6.07 Å². The van der Waals surface area contributed by atoms with Gasteiger partial charge in [0.1, 0.15) is 0 Å². The van der Waals surface area contributed by atoms with Gasteiger partial charge in [0.25, 0.3) is 0 Å². The summed E-state index contributed by atoms with van der Waals surface area (Å²) in [6.45, 7) is 0.646. The molecule has 0 aliphatic rings. The topological polar surface area (TPSA) is 43.1 Å². The van der Waals surface area contributed by atoms with Gasteiger partial charge in [0.15, 0.2) is 5.43 Å². The standard InChI is InChI=1S/C15H13NOS2/c16-7-8-18-10-5-6-14-12(9-10)15(17)11-3-1-2-4-13(11)19-14/h1-6,9H,7-8,16H2. The summed E-state index contributed by atoms with van der Waals surface area (Å²) in [6.07, 6.45) is 0. The number of hydrogen-bond donors (Lipinski definition) is 1. The van der Waals surface area contributed by atoms with E-state index in [9.17, 15) is 4.79 Å². The summed E-state index contributed by atoms with van der Waals surface area (Å²) in [4.78, 5) is 13.6. The number of nitrogens with two attached hydrogens (primary N) is 1. The third-order valence-electron chi connectivity index (χ3n) is 2.93. The second-order valence-electron chi connectivity index (χ2n) is 4.22. The molecule has 0 aliphatic heterocycles. The zero-order valence-corrected chi connectivity index (χ0v) is 11.9. The first-order valence-corrected chi connectivity index (χ1v) is 7.88. The molecule has 0 unspecified atom stereocenters. The van der Waals surface area contributed by atoms with Gasteiger partial charge < -0.3 is 5.73 Å². The smallest absolute Gasteiger partial charge is 0.195 e. The molecule has 2 nitrogen and oxygen atoms in total. The van der Waals surface area contributed by atoms with Crippen LogP contribution in [0.5, 0.6) is 0 Å². The van der Waals surface area contributed by atoms with Gasteiger partial charge in [-0.3, -0.25) is 4.79 Å². The third kappa shape index (κ3) is 2.39. The van der Waals surface area contributed by atoms with Crippen LogP contribution in [0.3, 0.4) is 0 Å². The molecular formula is C15H13NOS2. The quantitative estimate of drug-likeness (QED) is 0.592. The number of benzene rings is 2. The maximum absolute atomic E-state index is 12.5. The van der Waals surface area contributed by atoms with E-state index in [0.29, 0.717) is 6.54 Å². The van der Waals surface area contributed by atoms with Crippen molar-refractivity contribution in [2.75, 3.05) is 12.3 Å². The van der Waals surface area contributed by atoms with Crippen LogP contribution in [0.15, 0.2) is 52.2 Å². The van der Waals surface area contributed by atoms with E-state index in [-0.39, 0.29) is 5.43 Å². The molecule has 3 aromatic rings. The van der Waals surface area contributed by atoms with Gasteiger partial charge in [-0.15, -0.1) is 23.1 Å². The van der Waals surface area contributed by atoms with E-state index in [1.165, 1.54) is 0 Å². The second-order valence-corrected chi connectivity index (χ2v) is 6.47. The normalized spacial score (nSPS) is 11.2. The van der Waals surface area contributed by atoms with Gasteiger partial charge in [-0.2, -0.15) is 0 Å². The van der Waals surface area contributed by atoms with Crippen molar-refractivity contribution in [3.63, 3.8) is 0 Å². The molecule has 1 aromatic heterocycles. The molecule has 3 rings (SSSR count). The Balaban J connectivity index is 2.24. The molecule has 0 spiro atoms. The van der Waals surface area contributed by atoms with Gasteiger partial charge in [-0.05, 0) is 30.3 Å². The van der Waals surface area contributed by atoms with E-state index in [1.54, 1.807) is 23.1 Å². The lowest BCUT2D eigenvalue weighted by Gasteiger charge is -2.03. The van der Waals surface area contributed by atoms with Gasteiger partial charge >= 0.3 is 0 Å². The molecule has 0 radical (unpaired) electrons. The van der Waals surface area contributed by atoms with Crippen molar-refractivity contribution in [3.05, 3.63) is 52.7 Å². The first-order valence-electron chi connectivity index (χ1n) is 6.08. The molecule has 0 saturated carbocycles. The lowest BCUT2D eigenvalue weighted by Crippen LogP contribution is -2.02. The molecule has 0 bridgehead atoms. The highest BCUT2D eigenvalue weighted by molar-refractivity contribution is 7.99. The molecular weight excluding hydrogens is 274 g/mol. The summed E-state index contributed by atoms with van der Waals surface area (Å²) in [7, 11) is 0. The van der Waals surface area contributed by atoms with Crippen LogP contribution in [-0.4, -0.2) is 12.3 Å². The van der Waals surface area contributed by atoms with Crippen LogP contribution in [0.2, 0.25) is 0 Å². The Kier molecular flexibility index (Phi) is 3.55. The zero-order chi connectivity index (χ0) is 13.2. The predicted molar refractivity (Wildman–Crippen MR) is 85.4 cm³/mol. The molecule has 4 heteroatoms. The number of rotatable bonds is 3. The van der Waals surface area contributed by atoms with Crippen LogP contribution in [0.4, 0.5) is 0 Å². The van der Waals surface area contributed by atoms with Crippen molar-refractivity contribution in [1.82, 2.24) is 0 Å². The van der Waals surface area contributed by atoms with E-state index < -0.39 is 0 Å². The van der Waals surface area contributed by atoms with Crippen molar-refractivity contribution >= 4 is 43.3 Å². The Morgan fingerprint density at radius 1 is 1.05 bits per heavy atom. The van der Waals surface area contributed by atoms with Crippen LogP contribution >= 0.6 is 23.1 Å². The molecule has 19 heavy (non-hydrogen) atoms. The van der Waals surface area contributed by atoms with Crippen LogP contribution in [0.1, 0.15) is 0 Å². The van der Waals surface area contributed by atoms with Crippen molar-refractivity contribution in [3.8, 4) is 0 Å². The minimum Gasteiger partial charge on any atom is -0.330 e. The maximum atomic E-state index is 12.5. The molecule has 2 N–H and O–H groups in total. The fourth-order valence-corrected chi connectivity index (χ4v) is 3.82. The van der Waals surface area contributed by atoms with Crippen LogP contribution in [-0.2, 0) is 0 Å². The van der Waals surface area contributed by atoms with Gasteiger partial charge in [-0.25, -0.2) is 0 Å². The zero-order valence-electron chi connectivity index (χ0n) is 10.3. The molecule has 0 saturated heterocycles. The van der Waals surface area contributed by atoms with Crippen molar-refractivity contribution in [2.24, 2.45) is 5.73 Å². The van der Waals surface area contributed by atoms with E-state index in [0.717, 1.165) is 30.8 Å². The fourth-order valence-electron chi connectivity index (χ4n) is 2.05. The number of hydrogen-bond acceptors (Lipinski definition) is 4. The van der Waals surface area contributed by atoms with Gasteiger partial charge in [-0.1, -0.05) is 12.1 Å². The summed E-state index contributed by atoms with van der Waals surface area (Å²) in [6, 6.07) is 13.9. The van der Waals surface area contributed by atoms with Crippen molar-refractivity contribution in [1.29, 1.82) is 0 Å². The van der Waals surface area contributed by atoms with Crippen LogP contribution < -0.4 is 11.2 Å². The molecule has 0 fully saturated rings. The molecule has 96 valence electrons. The monoisotopic (exact) mass is 287 g/mol. The highest BCUT2D eigenvalue weighted by Gasteiger charge is 2.06. The number of fused-ring (bicyclic) bond motifs is 2. The van der Waals surface area contributed by atoms with E-state index >= 15 is 0 Å². The van der Waals surface area contributed by atoms with E-state index in [1.807, 2.05) is 36.4 Å². The second kappa shape index (κ2) is 5.33. The maximum Gasteiger partial charge on any atom is 0.195 e. The first kappa shape index (κ1) is 12.7. The molecule has 0 aliphatic carbocycles. The molecule has 0 atom stereocenters.